The molecule has 1 fully saturated rings. The molecule has 1 amide bonds. The van der Waals surface area contributed by atoms with Gasteiger partial charge in [0, 0.05) is 32.1 Å². The van der Waals surface area contributed by atoms with Crippen molar-refractivity contribution in [3.8, 4) is 0 Å². The minimum absolute atomic E-state index is 0.0976. The normalized spacial score (nSPS) is 19.9. The third-order valence-electron chi connectivity index (χ3n) is 4.71. The predicted molar refractivity (Wildman–Crippen MR) is 96.4 cm³/mol. The summed E-state index contributed by atoms with van der Waals surface area (Å²) in [6, 6.07) is 20.0. The van der Waals surface area contributed by atoms with Crippen LogP contribution in [-0.2, 0) is 4.79 Å². The Morgan fingerprint density at radius 2 is 1.71 bits per heavy atom. The van der Waals surface area contributed by atoms with Gasteiger partial charge < -0.3 is 15.5 Å². The van der Waals surface area contributed by atoms with Crippen molar-refractivity contribution < 1.29 is 4.79 Å². The number of nitrogens with zero attached hydrogens (tertiary/aromatic N) is 2. The van der Waals surface area contributed by atoms with E-state index in [9.17, 15) is 4.79 Å². The SMILES string of the molecule is CN1CCN(C(=O)CC(N)c2ccccc2)C(c2ccccc2)C1. The summed E-state index contributed by atoms with van der Waals surface area (Å²) in [6.07, 6.45) is 0.344. The smallest absolute Gasteiger partial charge is 0.225 e. The Bertz CT molecular complexity index is 659. The number of hydrogen-bond donors (Lipinski definition) is 1. The monoisotopic (exact) mass is 323 g/mol. The molecule has 0 aliphatic carbocycles. The molecule has 1 heterocycles. The van der Waals surface area contributed by atoms with Crippen LogP contribution >= 0.6 is 0 Å². The lowest BCUT2D eigenvalue weighted by molar-refractivity contribution is -0.136. The van der Waals surface area contributed by atoms with E-state index >= 15 is 0 Å². The van der Waals surface area contributed by atoms with Crippen molar-refractivity contribution in [2.24, 2.45) is 5.73 Å². The van der Waals surface area contributed by atoms with Crippen LogP contribution in [0, 0.1) is 0 Å². The molecule has 2 unspecified atom stereocenters. The van der Waals surface area contributed by atoms with Crippen molar-refractivity contribution in [3.63, 3.8) is 0 Å². The number of benzene rings is 2. The van der Waals surface area contributed by atoms with Gasteiger partial charge in [-0.1, -0.05) is 60.7 Å². The largest absolute Gasteiger partial charge is 0.333 e. The van der Waals surface area contributed by atoms with Gasteiger partial charge in [-0.15, -0.1) is 0 Å². The highest BCUT2D eigenvalue weighted by molar-refractivity contribution is 5.77. The molecule has 126 valence electrons. The molecule has 1 saturated heterocycles. The Labute approximate surface area is 143 Å². The lowest BCUT2D eigenvalue weighted by atomic mass is 9.99. The van der Waals surface area contributed by atoms with Crippen LogP contribution in [0.2, 0.25) is 0 Å². The van der Waals surface area contributed by atoms with Gasteiger partial charge in [0.15, 0.2) is 0 Å². The molecule has 2 N–H and O–H groups in total. The Kier molecular flexibility index (Phi) is 5.28. The number of carbonyl (C=O) groups excluding carboxylic acids is 1. The molecule has 1 aliphatic rings. The average molecular weight is 323 g/mol. The lowest BCUT2D eigenvalue weighted by Gasteiger charge is -2.40. The summed E-state index contributed by atoms with van der Waals surface area (Å²) in [5.41, 5.74) is 8.45. The number of nitrogens with two attached hydrogens (primary N) is 1. The maximum absolute atomic E-state index is 12.9. The topological polar surface area (TPSA) is 49.6 Å². The van der Waals surface area contributed by atoms with Crippen molar-refractivity contribution in [1.29, 1.82) is 0 Å². The summed E-state index contributed by atoms with van der Waals surface area (Å²) >= 11 is 0. The summed E-state index contributed by atoms with van der Waals surface area (Å²) in [4.78, 5) is 17.2. The zero-order chi connectivity index (χ0) is 16.9. The summed E-state index contributed by atoms with van der Waals surface area (Å²) in [5, 5.41) is 0. The quantitative estimate of drug-likeness (QED) is 0.941. The van der Waals surface area contributed by atoms with Gasteiger partial charge in [-0.05, 0) is 18.2 Å². The van der Waals surface area contributed by atoms with Crippen molar-refractivity contribution >= 4 is 5.91 Å². The Morgan fingerprint density at radius 3 is 2.38 bits per heavy atom. The molecule has 0 aromatic heterocycles. The van der Waals surface area contributed by atoms with E-state index in [1.165, 1.54) is 5.56 Å². The van der Waals surface area contributed by atoms with Crippen LogP contribution in [0.4, 0.5) is 0 Å². The van der Waals surface area contributed by atoms with E-state index < -0.39 is 0 Å². The minimum Gasteiger partial charge on any atom is -0.333 e. The molecular weight excluding hydrogens is 298 g/mol. The first kappa shape index (κ1) is 16.7. The van der Waals surface area contributed by atoms with Crippen LogP contribution in [-0.4, -0.2) is 42.4 Å². The fourth-order valence-electron chi connectivity index (χ4n) is 3.30. The second-order valence-corrected chi connectivity index (χ2v) is 6.50. The third kappa shape index (κ3) is 3.83. The van der Waals surface area contributed by atoms with E-state index in [1.807, 2.05) is 53.4 Å². The van der Waals surface area contributed by atoms with E-state index in [1.54, 1.807) is 0 Å². The summed E-state index contributed by atoms with van der Waals surface area (Å²) in [7, 11) is 2.10. The Balaban J connectivity index is 1.74. The highest BCUT2D eigenvalue weighted by Gasteiger charge is 2.30. The first-order chi connectivity index (χ1) is 11.6. The number of likely N-dealkylation sites (N-methyl/N-ethyl adjacent to an activating group) is 1. The number of carbonyl (C=O) groups is 1. The standard InChI is InChI=1S/C20H25N3O/c1-22-12-13-23(19(15-22)17-10-6-3-7-11-17)20(24)14-18(21)16-8-4-2-5-9-16/h2-11,18-19H,12-15,21H2,1H3. The van der Waals surface area contributed by atoms with Crippen LogP contribution in [0.5, 0.6) is 0 Å². The zero-order valence-corrected chi connectivity index (χ0v) is 14.1. The van der Waals surface area contributed by atoms with E-state index in [-0.39, 0.29) is 18.0 Å². The molecule has 2 atom stereocenters. The van der Waals surface area contributed by atoms with E-state index in [0.29, 0.717) is 6.42 Å². The van der Waals surface area contributed by atoms with Crippen molar-refractivity contribution in [3.05, 3.63) is 71.8 Å². The molecule has 2 aromatic carbocycles. The molecule has 24 heavy (non-hydrogen) atoms. The number of amides is 1. The van der Waals surface area contributed by atoms with Crippen molar-refractivity contribution in [2.45, 2.75) is 18.5 Å². The molecule has 4 heteroatoms. The summed E-state index contributed by atoms with van der Waals surface area (Å²) in [6.45, 7) is 2.50. The molecule has 0 bridgehead atoms. The van der Waals surface area contributed by atoms with Gasteiger partial charge in [0.05, 0.1) is 6.04 Å². The molecule has 3 rings (SSSR count). The van der Waals surface area contributed by atoms with Gasteiger partial charge >= 0.3 is 0 Å². The average Bonchev–Trinajstić information content (AvgIpc) is 2.63. The third-order valence-corrected chi connectivity index (χ3v) is 4.71. The van der Waals surface area contributed by atoms with Crippen molar-refractivity contribution in [1.82, 2.24) is 9.80 Å². The van der Waals surface area contributed by atoms with Gasteiger partial charge in [-0.25, -0.2) is 0 Å². The molecule has 0 saturated carbocycles. The molecule has 1 aliphatic heterocycles. The maximum Gasteiger partial charge on any atom is 0.225 e. The highest BCUT2D eigenvalue weighted by atomic mass is 16.2. The van der Waals surface area contributed by atoms with Gasteiger partial charge in [0.1, 0.15) is 0 Å². The summed E-state index contributed by atoms with van der Waals surface area (Å²) in [5.74, 6) is 0.133. The number of rotatable bonds is 4. The zero-order valence-electron chi connectivity index (χ0n) is 14.1. The number of piperazine rings is 1. The van der Waals surface area contributed by atoms with Gasteiger partial charge in [0.2, 0.25) is 5.91 Å². The second-order valence-electron chi connectivity index (χ2n) is 6.50. The highest BCUT2D eigenvalue weighted by Crippen LogP contribution is 2.27. The first-order valence-corrected chi connectivity index (χ1v) is 8.48. The van der Waals surface area contributed by atoms with E-state index in [2.05, 4.69) is 24.1 Å². The van der Waals surface area contributed by atoms with Gasteiger partial charge in [0.25, 0.3) is 0 Å². The van der Waals surface area contributed by atoms with Gasteiger partial charge in [-0.3, -0.25) is 4.79 Å². The van der Waals surface area contributed by atoms with Gasteiger partial charge in [-0.2, -0.15) is 0 Å². The van der Waals surface area contributed by atoms with Crippen molar-refractivity contribution in [2.75, 3.05) is 26.7 Å². The Hall–Kier alpha value is -2.17. The number of hydrogen-bond acceptors (Lipinski definition) is 3. The lowest BCUT2D eigenvalue weighted by Crippen LogP contribution is -2.49. The molecule has 0 radical (unpaired) electrons. The fraction of sp³-hybridized carbons (Fsp3) is 0.350. The van der Waals surface area contributed by atoms with Crippen LogP contribution in [0.3, 0.4) is 0 Å². The molecule has 4 nitrogen and oxygen atoms in total. The van der Waals surface area contributed by atoms with E-state index in [0.717, 1.165) is 25.2 Å². The molecule has 2 aromatic rings. The maximum atomic E-state index is 12.9. The van der Waals surface area contributed by atoms with Crippen LogP contribution in [0.25, 0.3) is 0 Å². The fourth-order valence-corrected chi connectivity index (χ4v) is 3.30. The van der Waals surface area contributed by atoms with E-state index in [4.69, 9.17) is 5.73 Å². The Morgan fingerprint density at radius 1 is 1.08 bits per heavy atom. The second kappa shape index (κ2) is 7.60. The van der Waals surface area contributed by atoms with Crippen LogP contribution < -0.4 is 5.73 Å². The van der Waals surface area contributed by atoms with Crippen LogP contribution in [0.1, 0.15) is 29.6 Å². The van der Waals surface area contributed by atoms with Crippen LogP contribution in [0.15, 0.2) is 60.7 Å². The minimum atomic E-state index is -0.255. The molecular formula is C20H25N3O. The predicted octanol–water partition coefficient (Wildman–Crippen LogP) is 2.59. The first-order valence-electron chi connectivity index (χ1n) is 8.48. The molecule has 0 spiro atoms. The summed E-state index contributed by atoms with van der Waals surface area (Å²) < 4.78 is 0.